The lowest BCUT2D eigenvalue weighted by Crippen LogP contribution is -2.23. The van der Waals surface area contributed by atoms with Gasteiger partial charge in [0.25, 0.3) is 0 Å². The second-order valence-electron chi connectivity index (χ2n) is 6.23. The molecule has 2 aromatic heterocycles. The number of rotatable bonds is 8. The van der Waals surface area contributed by atoms with E-state index in [0.717, 1.165) is 19.3 Å². The van der Waals surface area contributed by atoms with Crippen LogP contribution in [0.2, 0.25) is 0 Å². The highest BCUT2D eigenvalue weighted by molar-refractivity contribution is 7.13. The highest BCUT2D eigenvalue weighted by Gasteiger charge is 2.32. The number of hydrogen-bond acceptors (Lipinski definition) is 4. The number of aryl methyl sites for hydroxylation is 2. The molecule has 2 aromatic rings. The summed E-state index contributed by atoms with van der Waals surface area (Å²) in [6.45, 7) is 9.16. The van der Waals surface area contributed by atoms with Crippen molar-refractivity contribution in [3.63, 3.8) is 0 Å². The van der Waals surface area contributed by atoms with Gasteiger partial charge >= 0.3 is 5.97 Å². The van der Waals surface area contributed by atoms with Gasteiger partial charge in [-0.25, -0.2) is 0 Å². The second kappa shape index (κ2) is 8.11. The SMILES string of the molecule is CCCCOC(=O)CCC(C)(c1ccc(C)s1)c1ccc(C)s1. The second-order valence-corrected chi connectivity index (χ2v) is 8.80. The number of carbonyl (C=O) groups excluding carboxylic acids is 1. The maximum atomic E-state index is 12.0. The first kappa shape index (κ1) is 18.2. The molecule has 0 bridgehead atoms. The number of esters is 1. The minimum atomic E-state index is -0.109. The Morgan fingerprint density at radius 2 is 1.65 bits per heavy atom. The summed E-state index contributed by atoms with van der Waals surface area (Å²) in [4.78, 5) is 17.3. The zero-order valence-electron chi connectivity index (χ0n) is 14.5. The molecule has 0 N–H and O–H groups in total. The van der Waals surface area contributed by atoms with E-state index in [1.165, 1.54) is 19.5 Å². The van der Waals surface area contributed by atoms with Crippen molar-refractivity contribution in [1.82, 2.24) is 0 Å². The Morgan fingerprint density at radius 1 is 1.09 bits per heavy atom. The molecule has 2 heterocycles. The van der Waals surface area contributed by atoms with Crippen LogP contribution in [-0.2, 0) is 14.9 Å². The Bertz CT molecular complexity index is 599. The van der Waals surface area contributed by atoms with E-state index < -0.39 is 0 Å². The molecule has 2 nitrogen and oxygen atoms in total. The zero-order valence-corrected chi connectivity index (χ0v) is 16.1. The number of carbonyl (C=O) groups is 1. The van der Waals surface area contributed by atoms with E-state index in [1.54, 1.807) is 0 Å². The summed E-state index contributed by atoms with van der Waals surface area (Å²) in [5.74, 6) is -0.0776. The zero-order chi connectivity index (χ0) is 16.9. The molecule has 0 aliphatic rings. The normalized spacial score (nSPS) is 11.7. The number of hydrogen-bond donors (Lipinski definition) is 0. The third-order valence-corrected chi connectivity index (χ3v) is 6.69. The largest absolute Gasteiger partial charge is 0.466 e. The first-order chi connectivity index (χ1) is 11.0. The van der Waals surface area contributed by atoms with Crippen molar-refractivity contribution in [2.24, 2.45) is 0 Å². The Kier molecular flexibility index (Phi) is 6.42. The standard InChI is InChI=1S/C19H26O2S2/c1-5-6-13-21-18(20)11-12-19(4,16-9-7-14(2)22-16)17-10-8-15(3)23-17/h7-10H,5-6,11-13H2,1-4H3. The molecule has 0 fully saturated rings. The van der Waals surface area contributed by atoms with E-state index >= 15 is 0 Å². The predicted molar refractivity (Wildman–Crippen MR) is 99.7 cm³/mol. The fourth-order valence-corrected chi connectivity index (χ4v) is 4.76. The van der Waals surface area contributed by atoms with Gasteiger partial charge in [0, 0.05) is 31.3 Å². The van der Waals surface area contributed by atoms with Crippen LogP contribution in [-0.4, -0.2) is 12.6 Å². The van der Waals surface area contributed by atoms with E-state index in [0.29, 0.717) is 13.0 Å². The Labute approximate surface area is 147 Å². The summed E-state index contributed by atoms with van der Waals surface area (Å²) >= 11 is 3.65. The van der Waals surface area contributed by atoms with Gasteiger partial charge in [-0.1, -0.05) is 13.3 Å². The molecule has 0 aliphatic heterocycles. The van der Waals surface area contributed by atoms with Crippen LogP contribution in [0.3, 0.4) is 0 Å². The van der Waals surface area contributed by atoms with E-state index in [-0.39, 0.29) is 11.4 Å². The Hall–Kier alpha value is -1.13. The fourth-order valence-electron chi connectivity index (χ4n) is 2.58. The average Bonchev–Trinajstić information content (AvgIpc) is 3.14. The monoisotopic (exact) mass is 350 g/mol. The maximum absolute atomic E-state index is 12.0. The fraction of sp³-hybridized carbons (Fsp3) is 0.526. The van der Waals surface area contributed by atoms with E-state index in [9.17, 15) is 4.79 Å². The van der Waals surface area contributed by atoms with Gasteiger partial charge in [0.1, 0.15) is 0 Å². The van der Waals surface area contributed by atoms with Gasteiger partial charge in [-0.05, 0) is 57.9 Å². The number of ether oxygens (including phenoxy) is 1. The molecular formula is C19H26O2S2. The van der Waals surface area contributed by atoms with Crippen molar-refractivity contribution in [1.29, 1.82) is 0 Å². The first-order valence-electron chi connectivity index (χ1n) is 8.25. The lowest BCUT2D eigenvalue weighted by molar-refractivity contribution is -0.144. The summed E-state index contributed by atoms with van der Waals surface area (Å²) < 4.78 is 5.33. The van der Waals surface area contributed by atoms with Crippen LogP contribution in [0.1, 0.15) is 59.0 Å². The first-order valence-corrected chi connectivity index (χ1v) is 9.88. The molecule has 4 heteroatoms. The van der Waals surface area contributed by atoms with E-state index in [1.807, 2.05) is 22.7 Å². The van der Waals surface area contributed by atoms with Gasteiger partial charge in [0.05, 0.1) is 6.61 Å². The lowest BCUT2D eigenvalue weighted by atomic mass is 9.82. The van der Waals surface area contributed by atoms with Crippen LogP contribution < -0.4 is 0 Å². The van der Waals surface area contributed by atoms with Crippen molar-refractivity contribution in [2.45, 2.75) is 58.8 Å². The molecule has 0 saturated carbocycles. The van der Waals surface area contributed by atoms with Crippen LogP contribution in [0, 0.1) is 13.8 Å². The average molecular weight is 351 g/mol. The summed E-state index contributed by atoms with van der Waals surface area (Å²) in [7, 11) is 0. The van der Waals surface area contributed by atoms with Crippen LogP contribution in [0.15, 0.2) is 24.3 Å². The third kappa shape index (κ3) is 4.67. The molecule has 0 spiro atoms. The van der Waals surface area contributed by atoms with Crippen LogP contribution in [0.4, 0.5) is 0 Å². The topological polar surface area (TPSA) is 26.3 Å². The Morgan fingerprint density at radius 3 is 2.09 bits per heavy atom. The highest BCUT2D eigenvalue weighted by atomic mass is 32.1. The number of unbranched alkanes of at least 4 members (excludes halogenated alkanes) is 1. The summed E-state index contributed by atoms with van der Waals surface area (Å²) in [6, 6.07) is 8.74. The maximum Gasteiger partial charge on any atom is 0.305 e. The lowest BCUT2D eigenvalue weighted by Gasteiger charge is -2.27. The van der Waals surface area contributed by atoms with Crippen molar-refractivity contribution >= 4 is 28.6 Å². The van der Waals surface area contributed by atoms with Gasteiger partial charge in [-0.2, -0.15) is 0 Å². The van der Waals surface area contributed by atoms with Crippen molar-refractivity contribution in [3.05, 3.63) is 43.8 Å². The molecule has 126 valence electrons. The van der Waals surface area contributed by atoms with E-state index in [2.05, 4.69) is 52.0 Å². The summed E-state index contributed by atoms with van der Waals surface area (Å²) in [6.07, 6.45) is 3.25. The molecule has 0 atom stereocenters. The van der Waals surface area contributed by atoms with Crippen molar-refractivity contribution in [2.75, 3.05) is 6.61 Å². The molecule has 0 radical (unpaired) electrons. The van der Waals surface area contributed by atoms with E-state index in [4.69, 9.17) is 4.74 Å². The minimum absolute atomic E-state index is 0.0776. The van der Waals surface area contributed by atoms with Gasteiger partial charge < -0.3 is 4.74 Å². The smallest absolute Gasteiger partial charge is 0.305 e. The molecule has 0 amide bonds. The number of thiophene rings is 2. The predicted octanol–water partition coefficient (Wildman–Crippen LogP) is 5.86. The molecular weight excluding hydrogens is 324 g/mol. The molecule has 0 saturated heterocycles. The van der Waals surface area contributed by atoms with Crippen LogP contribution >= 0.6 is 22.7 Å². The van der Waals surface area contributed by atoms with Crippen LogP contribution in [0.25, 0.3) is 0 Å². The molecule has 0 aliphatic carbocycles. The van der Waals surface area contributed by atoms with Gasteiger partial charge in [-0.15, -0.1) is 22.7 Å². The quantitative estimate of drug-likeness (QED) is 0.440. The third-order valence-electron chi connectivity index (χ3n) is 4.16. The molecule has 0 unspecified atom stereocenters. The van der Waals surface area contributed by atoms with Crippen molar-refractivity contribution < 1.29 is 9.53 Å². The minimum Gasteiger partial charge on any atom is -0.466 e. The van der Waals surface area contributed by atoms with Gasteiger partial charge in [0.2, 0.25) is 0 Å². The summed E-state index contributed by atoms with van der Waals surface area (Å²) in [5, 5.41) is 0. The van der Waals surface area contributed by atoms with Crippen molar-refractivity contribution in [3.8, 4) is 0 Å². The Balaban J connectivity index is 2.13. The van der Waals surface area contributed by atoms with Crippen LogP contribution in [0.5, 0.6) is 0 Å². The van der Waals surface area contributed by atoms with Gasteiger partial charge in [-0.3, -0.25) is 4.79 Å². The van der Waals surface area contributed by atoms with Gasteiger partial charge in [0.15, 0.2) is 0 Å². The molecule has 0 aromatic carbocycles. The molecule has 2 rings (SSSR count). The summed E-state index contributed by atoms with van der Waals surface area (Å²) in [5.41, 5.74) is -0.109. The highest BCUT2D eigenvalue weighted by Crippen LogP contribution is 2.42. The molecule has 23 heavy (non-hydrogen) atoms.